The van der Waals surface area contributed by atoms with E-state index < -0.39 is 12.4 Å². The van der Waals surface area contributed by atoms with Gasteiger partial charge in [0.2, 0.25) is 0 Å². The summed E-state index contributed by atoms with van der Waals surface area (Å²) >= 11 is 0. The first-order valence-corrected chi connectivity index (χ1v) is 3.63. The van der Waals surface area contributed by atoms with Crippen LogP contribution in [0.15, 0.2) is 0 Å². The second-order valence-corrected chi connectivity index (χ2v) is 3.00. The number of hydrogen-bond acceptors (Lipinski definition) is 3. The van der Waals surface area contributed by atoms with Crippen LogP contribution in [-0.4, -0.2) is 28.7 Å². The van der Waals surface area contributed by atoms with Gasteiger partial charge in [0.1, 0.15) is 0 Å². The lowest BCUT2D eigenvalue weighted by Crippen LogP contribution is -2.42. The zero-order chi connectivity index (χ0) is 7.72. The van der Waals surface area contributed by atoms with Gasteiger partial charge in [-0.25, -0.2) is 0 Å². The van der Waals surface area contributed by atoms with Crippen molar-refractivity contribution in [2.45, 2.75) is 38.8 Å². The molecule has 1 aliphatic rings. The number of rotatable bonds is 0. The van der Waals surface area contributed by atoms with Crippen molar-refractivity contribution < 1.29 is 14.9 Å². The summed E-state index contributed by atoms with van der Waals surface area (Å²) in [5.41, 5.74) is 0. The van der Waals surface area contributed by atoms with Gasteiger partial charge in [-0.15, -0.1) is 0 Å². The SMILES string of the molecule is CC1C[C@H](O)O[C@@H](C)[C@@H]1O. The number of ether oxygens (including phenoxy) is 1. The molecule has 1 aliphatic heterocycles. The van der Waals surface area contributed by atoms with E-state index in [0.29, 0.717) is 6.42 Å². The van der Waals surface area contributed by atoms with Gasteiger partial charge < -0.3 is 14.9 Å². The largest absolute Gasteiger partial charge is 0.390 e. The summed E-state index contributed by atoms with van der Waals surface area (Å²) in [5, 5.41) is 18.4. The zero-order valence-corrected chi connectivity index (χ0v) is 6.32. The molecule has 0 saturated carbocycles. The average Bonchev–Trinajstić information content (AvgIpc) is 1.82. The third-order valence-electron chi connectivity index (χ3n) is 2.01. The molecule has 0 aromatic carbocycles. The summed E-state index contributed by atoms with van der Waals surface area (Å²) in [7, 11) is 0. The molecule has 2 N–H and O–H groups in total. The fourth-order valence-corrected chi connectivity index (χ4v) is 1.30. The van der Waals surface area contributed by atoms with Crippen molar-refractivity contribution in [2.75, 3.05) is 0 Å². The van der Waals surface area contributed by atoms with E-state index in [-0.39, 0.29) is 12.0 Å². The van der Waals surface area contributed by atoms with Crippen molar-refractivity contribution in [3.8, 4) is 0 Å². The summed E-state index contributed by atoms with van der Waals surface area (Å²) < 4.78 is 4.97. The molecule has 3 heteroatoms. The first-order chi connectivity index (χ1) is 4.61. The number of aliphatic hydroxyl groups is 2. The Hall–Kier alpha value is -0.120. The molecule has 4 atom stereocenters. The summed E-state index contributed by atoms with van der Waals surface area (Å²) in [6.07, 6.45) is -0.818. The molecule has 0 aromatic rings. The Balaban J connectivity index is 2.49. The van der Waals surface area contributed by atoms with Crippen LogP contribution in [0, 0.1) is 5.92 Å². The van der Waals surface area contributed by atoms with Crippen molar-refractivity contribution in [3.05, 3.63) is 0 Å². The van der Waals surface area contributed by atoms with Gasteiger partial charge in [-0.2, -0.15) is 0 Å². The molecule has 1 saturated heterocycles. The monoisotopic (exact) mass is 146 g/mol. The minimum atomic E-state index is -0.687. The highest BCUT2D eigenvalue weighted by Gasteiger charge is 2.30. The topological polar surface area (TPSA) is 49.7 Å². The van der Waals surface area contributed by atoms with E-state index in [2.05, 4.69) is 0 Å². The van der Waals surface area contributed by atoms with Gasteiger partial charge in [0.25, 0.3) is 0 Å². The molecular formula is C7H14O3. The molecule has 0 amide bonds. The molecule has 0 aliphatic carbocycles. The zero-order valence-electron chi connectivity index (χ0n) is 6.32. The Morgan fingerprint density at radius 1 is 1.30 bits per heavy atom. The molecule has 1 fully saturated rings. The molecule has 1 unspecified atom stereocenters. The lowest BCUT2D eigenvalue weighted by Gasteiger charge is -2.33. The number of hydrogen-bond donors (Lipinski definition) is 2. The van der Waals surface area contributed by atoms with Gasteiger partial charge in [0.05, 0.1) is 12.2 Å². The van der Waals surface area contributed by atoms with Crippen LogP contribution >= 0.6 is 0 Å². The predicted molar refractivity (Wildman–Crippen MR) is 36.3 cm³/mol. The molecule has 60 valence electrons. The molecular weight excluding hydrogens is 132 g/mol. The van der Waals surface area contributed by atoms with E-state index in [1.807, 2.05) is 6.92 Å². The van der Waals surface area contributed by atoms with Crippen LogP contribution in [-0.2, 0) is 4.74 Å². The first kappa shape index (κ1) is 7.98. The predicted octanol–water partition coefficient (Wildman–Crippen LogP) is 0.111. The molecule has 10 heavy (non-hydrogen) atoms. The standard InChI is InChI=1S/C7H14O3/c1-4-3-6(8)10-5(2)7(4)9/h4-9H,3H2,1-2H3/t4?,5-,6+,7+/m0/s1. The summed E-state index contributed by atoms with van der Waals surface area (Å²) in [5.74, 6) is 0.138. The Labute approximate surface area is 60.6 Å². The quantitative estimate of drug-likeness (QED) is 0.510. The molecule has 1 rings (SSSR count). The van der Waals surface area contributed by atoms with Gasteiger partial charge in [0.15, 0.2) is 6.29 Å². The third-order valence-corrected chi connectivity index (χ3v) is 2.01. The van der Waals surface area contributed by atoms with Gasteiger partial charge in [0, 0.05) is 6.42 Å². The van der Waals surface area contributed by atoms with Crippen LogP contribution in [0.3, 0.4) is 0 Å². The lowest BCUT2D eigenvalue weighted by atomic mass is 9.94. The van der Waals surface area contributed by atoms with Crippen LogP contribution in [0.25, 0.3) is 0 Å². The Kier molecular flexibility index (Phi) is 2.28. The highest BCUT2D eigenvalue weighted by molar-refractivity contribution is 4.76. The minimum Gasteiger partial charge on any atom is -0.390 e. The van der Waals surface area contributed by atoms with Crippen LogP contribution < -0.4 is 0 Å². The maximum atomic E-state index is 9.33. The van der Waals surface area contributed by atoms with E-state index in [1.165, 1.54) is 0 Å². The smallest absolute Gasteiger partial charge is 0.155 e. The maximum absolute atomic E-state index is 9.33. The van der Waals surface area contributed by atoms with Crippen LogP contribution in [0.4, 0.5) is 0 Å². The fourth-order valence-electron chi connectivity index (χ4n) is 1.30. The van der Waals surface area contributed by atoms with Gasteiger partial charge in [-0.05, 0) is 12.8 Å². The normalized spacial score (nSPS) is 49.2. The van der Waals surface area contributed by atoms with Crippen molar-refractivity contribution >= 4 is 0 Å². The van der Waals surface area contributed by atoms with Gasteiger partial charge >= 0.3 is 0 Å². The maximum Gasteiger partial charge on any atom is 0.155 e. The summed E-state index contributed by atoms with van der Waals surface area (Å²) in [4.78, 5) is 0. The van der Waals surface area contributed by atoms with E-state index in [0.717, 1.165) is 0 Å². The molecule has 0 aromatic heterocycles. The lowest BCUT2D eigenvalue weighted by molar-refractivity contribution is -0.209. The average molecular weight is 146 g/mol. The van der Waals surface area contributed by atoms with Crippen molar-refractivity contribution in [1.29, 1.82) is 0 Å². The van der Waals surface area contributed by atoms with Crippen molar-refractivity contribution in [1.82, 2.24) is 0 Å². The van der Waals surface area contributed by atoms with E-state index in [1.54, 1.807) is 6.92 Å². The van der Waals surface area contributed by atoms with Crippen LogP contribution in [0.1, 0.15) is 20.3 Å². The van der Waals surface area contributed by atoms with Crippen molar-refractivity contribution in [2.24, 2.45) is 5.92 Å². The van der Waals surface area contributed by atoms with Gasteiger partial charge in [-0.1, -0.05) is 6.92 Å². The van der Waals surface area contributed by atoms with E-state index >= 15 is 0 Å². The summed E-state index contributed by atoms with van der Waals surface area (Å²) in [6.45, 7) is 3.68. The minimum absolute atomic E-state index is 0.138. The molecule has 0 spiro atoms. The number of aliphatic hydroxyl groups excluding tert-OH is 2. The molecule has 1 heterocycles. The second kappa shape index (κ2) is 2.86. The fraction of sp³-hybridized carbons (Fsp3) is 1.00. The molecule has 0 radical (unpaired) electrons. The summed E-state index contributed by atoms with van der Waals surface area (Å²) in [6, 6.07) is 0. The van der Waals surface area contributed by atoms with Crippen LogP contribution in [0.5, 0.6) is 0 Å². The van der Waals surface area contributed by atoms with Crippen LogP contribution in [0.2, 0.25) is 0 Å². The highest BCUT2D eigenvalue weighted by atomic mass is 16.6. The van der Waals surface area contributed by atoms with E-state index in [4.69, 9.17) is 9.84 Å². The van der Waals surface area contributed by atoms with Crippen molar-refractivity contribution in [3.63, 3.8) is 0 Å². The third kappa shape index (κ3) is 1.48. The Morgan fingerprint density at radius 2 is 1.90 bits per heavy atom. The first-order valence-electron chi connectivity index (χ1n) is 3.63. The Morgan fingerprint density at radius 3 is 2.40 bits per heavy atom. The molecule has 3 nitrogen and oxygen atoms in total. The second-order valence-electron chi connectivity index (χ2n) is 3.00. The van der Waals surface area contributed by atoms with E-state index in [9.17, 15) is 5.11 Å². The highest BCUT2D eigenvalue weighted by Crippen LogP contribution is 2.23. The Bertz CT molecular complexity index is 103. The molecule has 0 bridgehead atoms. The van der Waals surface area contributed by atoms with Gasteiger partial charge in [-0.3, -0.25) is 0 Å².